The van der Waals surface area contributed by atoms with Gasteiger partial charge in [0.1, 0.15) is 0 Å². The lowest BCUT2D eigenvalue weighted by atomic mass is 10.0. The highest BCUT2D eigenvalue weighted by Crippen LogP contribution is 2.30. The summed E-state index contributed by atoms with van der Waals surface area (Å²) in [4.78, 5) is 39.0. The first-order valence-electron chi connectivity index (χ1n) is 14.2. The maximum atomic E-state index is 13.4. The van der Waals surface area contributed by atoms with Crippen molar-refractivity contribution in [1.82, 2.24) is 5.01 Å². The van der Waals surface area contributed by atoms with Crippen LogP contribution in [-0.2, 0) is 0 Å². The highest BCUT2D eigenvalue weighted by atomic mass is 35.5. The van der Waals surface area contributed by atoms with E-state index in [0.29, 0.717) is 52.2 Å². The van der Waals surface area contributed by atoms with Crippen LogP contribution < -0.4 is 20.1 Å². The van der Waals surface area contributed by atoms with Crippen molar-refractivity contribution >= 4 is 58.0 Å². The van der Waals surface area contributed by atoms with E-state index in [-0.39, 0.29) is 22.4 Å². The molecule has 0 aromatic heterocycles. The maximum absolute atomic E-state index is 13.4. The van der Waals surface area contributed by atoms with Crippen molar-refractivity contribution in [2.45, 2.75) is 19.8 Å². The zero-order valence-electron chi connectivity index (χ0n) is 24.6. The summed E-state index contributed by atoms with van der Waals surface area (Å²) in [5.74, 6) is 0.198. The molecule has 4 aromatic carbocycles. The molecule has 230 valence electrons. The molecule has 1 aliphatic rings. The Bertz CT molecular complexity index is 1780. The van der Waals surface area contributed by atoms with Crippen LogP contribution in [-0.4, -0.2) is 48.7 Å². The predicted octanol–water partition coefficient (Wildman–Crippen LogP) is 7.55. The molecule has 0 unspecified atom stereocenters. The molecular weight excluding hydrogens is 615 g/mol. The third-order valence-electron chi connectivity index (χ3n) is 7.00. The van der Waals surface area contributed by atoms with E-state index in [9.17, 15) is 14.4 Å². The average Bonchev–Trinajstić information content (AvgIpc) is 3.05. The molecule has 45 heavy (non-hydrogen) atoms. The molecule has 0 aliphatic carbocycles. The van der Waals surface area contributed by atoms with E-state index in [1.807, 2.05) is 25.1 Å². The summed E-state index contributed by atoms with van der Waals surface area (Å²) >= 11 is 12.0. The summed E-state index contributed by atoms with van der Waals surface area (Å²) < 4.78 is 11.1. The second kappa shape index (κ2) is 14.3. The fourth-order valence-corrected chi connectivity index (χ4v) is 5.27. The number of rotatable bonds is 9. The molecule has 4 aromatic rings. The van der Waals surface area contributed by atoms with Crippen molar-refractivity contribution in [3.8, 4) is 11.5 Å². The normalized spacial score (nSPS) is 12.6. The van der Waals surface area contributed by atoms with Gasteiger partial charge in [-0.15, -0.1) is 0 Å². The third kappa shape index (κ3) is 7.63. The van der Waals surface area contributed by atoms with E-state index in [1.165, 1.54) is 17.1 Å². The van der Waals surface area contributed by atoms with Crippen molar-refractivity contribution in [2.75, 3.05) is 30.9 Å². The van der Waals surface area contributed by atoms with Gasteiger partial charge in [-0.05, 0) is 98.6 Å². The van der Waals surface area contributed by atoms with Gasteiger partial charge < -0.3 is 20.1 Å². The van der Waals surface area contributed by atoms with Crippen molar-refractivity contribution in [1.29, 1.82) is 0 Å². The summed E-state index contributed by atoms with van der Waals surface area (Å²) in [6.45, 7) is 2.87. The average molecular weight is 646 g/mol. The van der Waals surface area contributed by atoms with Crippen LogP contribution in [0.25, 0.3) is 0 Å². The van der Waals surface area contributed by atoms with Gasteiger partial charge in [0.05, 0.1) is 30.0 Å². The number of methoxy groups -OCH3 is 1. The lowest BCUT2D eigenvalue weighted by Crippen LogP contribution is -2.32. The van der Waals surface area contributed by atoms with Crippen LogP contribution in [0.2, 0.25) is 10.0 Å². The van der Waals surface area contributed by atoms with Gasteiger partial charge in [0.15, 0.2) is 11.5 Å². The van der Waals surface area contributed by atoms with Gasteiger partial charge in [-0.1, -0.05) is 29.3 Å². The molecule has 0 atom stereocenters. The number of nitrogens with zero attached hydrogens (tertiary/aromatic N) is 2. The van der Waals surface area contributed by atoms with E-state index in [2.05, 4.69) is 15.7 Å². The first-order chi connectivity index (χ1) is 21.7. The van der Waals surface area contributed by atoms with Gasteiger partial charge in [-0.3, -0.25) is 14.4 Å². The van der Waals surface area contributed by atoms with Crippen molar-refractivity contribution < 1.29 is 23.9 Å². The molecule has 0 spiro atoms. The summed E-state index contributed by atoms with van der Waals surface area (Å²) in [7, 11) is 1.59. The highest BCUT2D eigenvalue weighted by Gasteiger charge is 2.22. The number of hydrazone groups is 1. The van der Waals surface area contributed by atoms with Crippen LogP contribution >= 0.6 is 23.2 Å². The van der Waals surface area contributed by atoms with Gasteiger partial charge in [-0.25, -0.2) is 5.01 Å². The van der Waals surface area contributed by atoms with E-state index < -0.39 is 5.91 Å². The Morgan fingerprint density at radius 3 is 2.36 bits per heavy atom. The number of benzene rings is 4. The molecule has 0 radical (unpaired) electrons. The first-order valence-corrected chi connectivity index (χ1v) is 15.0. The Labute approximate surface area is 270 Å². The van der Waals surface area contributed by atoms with E-state index >= 15 is 0 Å². The molecule has 0 fully saturated rings. The molecule has 1 aliphatic heterocycles. The Morgan fingerprint density at radius 1 is 0.844 bits per heavy atom. The molecule has 1 heterocycles. The van der Waals surface area contributed by atoms with Gasteiger partial charge in [0, 0.05) is 39.6 Å². The van der Waals surface area contributed by atoms with Gasteiger partial charge >= 0.3 is 0 Å². The Kier molecular flexibility index (Phi) is 10.0. The number of carbonyl (C=O) groups excluding carboxylic acids is 3. The Hall–Kier alpha value is -4.86. The lowest BCUT2D eigenvalue weighted by molar-refractivity contribution is 0.0751. The number of hydrogen-bond acceptors (Lipinski definition) is 6. The van der Waals surface area contributed by atoms with Crippen molar-refractivity contribution in [3.63, 3.8) is 0 Å². The molecule has 5 rings (SSSR count). The predicted molar refractivity (Wildman–Crippen MR) is 176 cm³/mol. The Balaban J connectivity index is 1.24. The summed E-state index contributed by atoms with van der Waals surface area (Å²) in [5.41, 5.74) is 3.61. The van der Waals surface area contributed by atoms with Crippen LogP contribution in [0, 0.1) is 0 Å². The number of hydrogen-bond donors (Lipinski definition) is 2. The molecule has 0 saturated carbocycles. The van der Waals surface area contributed by atoms with Crippen molar-refractivity contribution in [2.24, 2.45) is 5.10 Å². The first kappa shape index (κ1) is 31.6. The van der Waals surface area contributed by atoms with Crippen LogP contribution in [0.3, 0.4) is 0 Å². The number of halogens is 2. The van der Waals surface area contributed by atoms with Crippen LogP contribution in [0.5, 0.6) is 11.5 Å². The van der Waals surface area contributed by atoms with Crippen LogP contribution in [0.15, 0.2) is 90.0 Å². The van der Waals surface area contributed by atoms with Gasteiger partial charge in [0.2, 0.25) is 0 Å². The molecule has 0 bridgehead atoms. The van der Waals surface area contributed by atoms with Gasteiger partial charge in [-0.2, -0.15) is 5.10 Å². The number of carbonyl (C=O) groups is 3. The SMILES string of the molecule is CCOc1cc(C2=NN(C(=O)c3cccc(NC(=O)c4ccc(NC(=O)c5ccc(Cl)cc5Cl)cc4)c3)CCC2)ccc1OC. The summed E-state index contributed by atoms with van der Waals surface area (Å²) in [5, 5.41) is 12.3. The van der Waals surface area contributed by atoms with Crippen molar-refractivity contribution in [3.05, 3.63) is 117 Å². The summed E-state index contributed by atoms with van der Waals surface area (Å²) in [6.07, 6.45) is 1.47. The smallest absolute Gasteiger partial charge is 0.274 e. The number of ether oxygens (including phenoxy) is 2. The van der Waals surface area contributed by atoms with Crippen LogP contribution in [0.1, 0.15) is 56.4 Å². The maximum Gasteiger partial charge on any atom is 0.274 e. The number of amides is 3. The van der Waals surface area contributed by atoms with Crippen LogP contribution in [0.4, 0.5) is 11.4 Å². The van der Waals surface area contributed by atoms with E-state index in [1.54, 1.807) is 61.7 Å². The second-order valence-electron chi connectivity index (χ2n) is 10.1. The lowest BCUT2D eigenvalue weighted by Gasteiger charge is -2.24. The number of nitrogens with one attached hydrogen (secondary N) is 2. The Morgan fingerprint density at radius 2 is 1.62 bits per heavy atom. The minimum Gasteiger partial charge on any atom is -0.493 e. The second-order valence-corrected chi connectivity index (χ2v) is 10.9. The van der Waals surface area contributed by atoms with E-state index in [4.69, 9.17) is 32.7 Å². The van der Waals surface area contributed by atoms with E-state index in [0.717, 1.165) is 24.1 Å². The molecule has 9 nitrogen and oxygen atoms in total. The molecule has 11 heteroatoms. The quantitative estimate of drug-likeness (QED) is 0.196. The van der Waals surface area contributed by atoms with Gasteiger partial charge in [0.25, 0.3) is 17.7 Å². The largest absolute Gasteiger partial charge is 0.493 e. The molecule has 2 N–H and O–H groups in total. The molecule has 0 saturated heterocycles. The standard InChI is InChI=1S/C34H30Cl2N4O5/c1-3-45-31-19-22(11-16-30(31)44-2)29-8-5-17-40(39-29)34(43)23-6-4-7-26(18-23)38-32(41)21-9-13-25(14-10-21)37-33(42)27-15-12-24(35)20-28(27)36/h4,6-7,9-16,18-20H,3,5,8,17H2,1-2H3,(H,37,42)(H,38,41). The highest BCUT2D eigenvalue weighted by molar-refractivity contribution is 6.37. The fourth-order valence-electron chi connectivity index (χ4n) is 4.77. The minimum absolute atomic E-state index is 0.234. The zero-order valence-corrected chi connectivity index (χ0v) is 26.1. The summed E-state index contributed by atoms with van der Waals surface area (Å²) in [6, 6.07) is 23.3. The monoisotopic (exact) mass is 644 g/mol. The molecular formula is C34H30Cl2N4O5. The zero-order chi connectivity index (χ0) is 31.9. The topological polar surface area (TPSA) is 109 Å². The number of anilines is 2. The minimum atomic E-state index is -0.403. The third-order valence-corrected chi connectivity index (χ3v) is 7.55. The molecule has 3 amide bonds. The fraction of sp³-hybridized carbons (Fsp3) is 0.176.